The molecule has 4 nitrogen and oxygen atoms in total. The molecule has 1 saturated heterocycles. The molecule has 7 heteroatoms. The lowest BCUT2D eigenvalue weighted by Crippen LogP contribution is -2.26. The van der Waals surface area contributed by atoms with Gasteiger partial charge in [-0.05, 0) is 12.3 Å². The number of halogens is 3. The quantitative estimate of drug-likeness (QED) is 0.819. The second-order valence-electron chi connectivity index (χ2n) is 4.42. The Kier molecular flexibility index (Phi) is 4.23. The smallest absolute Gasteiger partial charge is 0.381 e. The fraction of sp³-hybridized carbons (Fsp3) is 0.727. The van der Waals surface area contributed by atoms with E-state index in [1.54, 1.807) is 0 Å². The molecule has 0 aromatic carbocycles. The molecule has 102 valence electrons. The Labute approximate surface area is 103 Å². The number of rotatable bonds is 5. The van der Waals surface area contributed by atoms with Crippen LogP contribution in [-0.2, 0) is 17.5 Å². The van der Waals surface area contributed by atoms with Crippen LogP contribution in [0.4, 0.5) is 13.2 Å². The highest BCUT2D eigenvalue weighted by atomic mass is 19.4. The fourth-order valence-corrected chi connectivity index (χ4v) is 1.88. The monoisotopic (exact) mass is 263 g/mol. The van der Waals surface area contributed by atoms with Crippen LogP contribution in [-0.4, -0.2) is 36.1 Å². The maximum atomic E-state index is 12.3. The van der Waals surface area contributed by atoms with Crippen LogP contribution in [0.15, 0.2) is 12.4 Å². The van der Waals surface area contributed by atoms with Gasteiger partial charge in [-0.25, -0.2) is 0 Å². The third-order valence-corrected chi connectivity index (χ3v) is 2.94. The molecule has 1 atom stereocenters. The summed E-state index contributed by atoms with van der Waals surface area (Å²) in [5.74, 6) is 0.522. The molecule has 0 saturated carbocycles. The minimum atomic E-state index is -4.31. The van der Waals surface area contributed by atoms with E-state index in [4.69, 9.17) is 4.74 Å². The first-order valence-corrected chi connectivity index (χ1v) is 5.94. The van der Waals surface area contributed by atoms with Crippen LogP contribution in [0.3, 0.4) is 0 Å². The van der Waals surface area contributed by atoms with Crippen molar-refractivity contribution in [2.45, 2.75) is 19.1 Å². The van der Waals surface area contributed by atoms with Gasteiger partial charge in [0.05, 0.1) is 24.9 Å². The molecule has 1 unspecified atom stereocenters. The van der Waals surface area contributed by atoms with Gasteiger partial charge in [0.2, 0.25) is 0 Å². The first kappa shape index (κ1) is 13.4. The maximum Gasteiger partial charge on any atom is 0.419 e. The highest BCUT2D eigenvalue weighted by molar-refractivity contribution is 5.08. The third-order valence-electron chi connectivity index (χ3n) is 2.94. The van der Waals surface area contributed by atoms with E-state index in [-0.39, 0.29) is 0 Å². The van der Waals surface area contributed by atoms with E-state index in [0.29, 0.717) is 19.0 Å². The molecule has 1 aliphatic heterocycles. The molecule has 0 aliphatic carbocycles. The van der Waals surface area contributed by atoms with Crippen LogP contribution < -0.4 is 5.32 Å². The lowest BCUT2D eigenvalue weighted by molar-refractivity contribution is -0.137. The van der Waals surface area contributed by atoms with Crippen molar-refractivity contribution in [2.24, 2.45) is 5.92 Å². The number of nitrogens with zero attached hydrogens (tertiary/aromatic N) is 2. The predicted octanol–water partition coefficient (Wildman–Crippen LogP) is 1.53. The molecule has 1 aromatic heterocycles. The molecule has 1 N–H and O–H groups in total. The van der Waals surface area contributed by atoms with Crippen LogP contribution in [0.2, 0.25) is 0 Å². The Morgan fingerprint density at radius 1 is 1.50 bits per heavy atom. The average Bonchev–Trinajstić information content (AvgIpc) is 2.95. The molecule has 0 radical (unpaired) electrons. The number of hydrogen-bond donors (Lipinski definition) is 1. The summed E-state index contributed by atoms with van der Waals surface area (Å²) < 4.78 is 43.5. The van der Waals surface area contributed by atoms with Gasteiger partial charge in [0.15, 0.2) is 0 Å². The van der Waals surface area contributed by atoms with Crippen molar-refractivity contribution in [1.82, 2.24) is 15.1 Å². The SMILES string of the molecule is FC(F)(F)c1cnn(CCNCC2CCOC2)c1. The van der Waals surface area contributed by atoms with E-state index < -0.39 is 11.7 Å². The number of hydrogen-bond acceptors (Lipinski definition) is 3. The fourth-order valence-electron chi connectivity index (χ4n) is 1.88. The molecular weight excluding hydrogens is 247 g/mol. The van der Waals surface area contributed by atoms with Gasteiger partial charge >= 0.3 is 6.18 Å². The van der Waals surface area contributed by atoms with Gasteiger partial charge in [-0.3, -0.25) is 4.68 Å². The third kappa shape index (κ3) is 3.71. The van der Waals surface area contributed by atoms with E-state index >= 15 is 0 Å². The second-order valence-corrected chi connectivity index (χ2v) is 4.42. The van der Waals surface area contributed by atoms with Crippen LogP contribution in [0.1, 0.15) is 12.0 Å². The first-order chi connectivity index (χ1) is 8.55. The van der Waals surface area contributed by atoms with Gasteiger partial charge in [0.25, 0.3) is 0 Å². The number of alkyl halides is 3. The first-order valence-electron chi connectivity index (χ1n) is 5.94. The summed E-state index contributed by atoms with van der Waals surface area (Å²) in [6.07, 6.45) is -1.38. The van der Waals surface area contributed by atoms with Crippen LogP contribution in [0.25, 0.3) is 0 Å². The summed E-state index contributed by atoms with van der Waals surface area (Å²) in [5.41, 5.74) is -0.702. The molecule has 0 amide bonds. The van der Waals surface area contributed by atoms with Gasteiger partial charge in [0, 0.05) is 25.9 Å². The normalized spacial score (nSPS) is 20.5. The topological polar surface area (TPSA) is 39.1 Å². The minimum Gasteiger partial charge on any atom is -0.381 e. The highest BCUT2D eigenvalue weighted by Crippen LogP contribution is 2.28. The Balaban J connectivity index is 1.68. The number of ether oxygens (including phenoxy) is 1. The zero-order valence-corrected chi connectivity index (χ0v) is 9.91. The Bertz CT molecular complexity index is 372. The van der Waals surface area contributed by atoms with Crippen molar-refractivity contribution in [3.05, 3.63) is 18.0 Å². The molecule has 1 aliphatic rings. The number of nitrogens with one attached hydrogen (secondary N) is 1. The largest absolute Gasteiger partial charge is 0.419 e. The standard InChI is InChI=1S/C11H16F3N3O/c12-11(13,14)10-6-16-17(7-10)3-2-15-5-9-1-4-18-8-9/h6-7,9,15H,1-5,8H2. The highest BCUT2D eigenvalue weighted by Gasteiger charge is 2.32. The molecule has 1 fully saturated rings. The van der Waals surface area contributed by atoms with Crippen LogP contribution >= 0.6 is 0 Å². The van der Waals surface area contributed by atoms with E-state index in [2.05, 4.69) is 10.4 Å². The lowest BCUT2D eigenvalue weighted by Gasteiger charge is -2.09. The Morgan fingerprint density at radius 3 is 2.94 bits per heavy atom. The zero-order chi connectivity index (χ0) is 13.0. The van der Waals surface area contributed by atoms with Crippen molar-refractivity contribution in [2.75, 3.05) is 26.3 Å². The predicted molar refractivity (Wildman–Crippen MR) is 59.0 cm³/mol. The molecule has 0 bridgehead atoms. The van der Waals surface area contributed by atoms with E-state index in [1.165, 1.54) is 4.68 Å². The van der Waals surface area contributed by atoms with Crippen molar-refractivity contribution in [3.8, 4) is 0 Å². The van der Waals surface area contributed by atoms with Gasteiger partial charge in [-0.1, -0.05) is 0 Å². The van der Waals surface area contributed by atoms with Crippen LogP contribution in [0, 0.1) is 5.92 Å². The molecule has 2 heterocycles. The van der Waals surface area contributed by atoms with E-state index in [1.807, 2.05) is 0 Å². The number of aromatic nitrogens is 2. The van der Waals surface area contributed by atoms with Gasteiger partial charge in [-0.15, -0.1) is 0 Å². The summed E-state index contributed by atoms with van der Waals surface area (Å²) in [6.45, 7) is 3.46. The van der Waals surface area contributed by atoms with Crippen molar-refractivity contribution >= 4 is 0 Å². The van der Waals surface area contributed by atoms with Gasteiger partial charge in [0.1, 0.15) is 0 Å². The maximum absolute atomic E-state index is 12.3. The molecule has 2 rings (SSSR count). The van der Waals surface area contributed by atoms with E-state index in [9.17, 15) is 13.2 Å². The summed E-state index contributed by atoms with van der Waals surface area (Å²) in [5, 5.41) is 6.89. The molecule has 1 aromatic rings. The Morgan fingerprint density at radius 2 is 2.33 bits per heavy atom. The van der Waals surface area contributed by atoms with Crippen LogP contribution in [0.5, 0.6) is 0 Å². The second kappa shape index (κ2) is 5.71. The van der Waals surface area contributed by atoms with Crippen molar-refractivity contribution in [1.29, 1.82) is 0 Å². The Hall–Kier alpha value is -1.08. The summed E-state index contributed by atoms with van der Waals surface area (Å²) in [7, 11) is 0. The summed E-state index contributed by atoms with van der Waals surface area (Å²) in [6, 6.07) is 0. The average molecular weight is 263 g/mol. The van der Waals surface area contributed by atoms with Crippen molar-refractivity contribution in [3.63, 3.8) is 0 Å². The summed E-state index contributed by atoms with van der Waals surface area (Å²) >= 11 is 0. The van der Waals surface area contributed by atoms with Gasteiger partial charge in [-0.2, -0.15) is 18.3 Å². The molecule has 18 heavy (non-hydrogen) atoms. The molecular formula is C11H16F3N3O. The molecule has 0 spiro atoms. The van der Waals surface area contributed by atoms with E-state index in [0.717, 1.165) is 38.6 Å². The minimum absolute atomic E-state index is 0.434. The van der Waals surface area contributed by atoms with Crippen molar-refractivity contribution < 1.29 is 17.9 Å². The zero-order valence-electron chi connectivity index (χ0n) is 9.91. The summed E-state index contributed by atoms with van der Waals surface area (Å²) in [4.78, 5) is 0. The van der Waals surface area contributed by atoms with Gasteiger partial charge < -0.3 is 10.1 Å². The lowest BCUT2D eigenvalue weighted by atomic mass is 10.1.